The van der Waals surface area contributed by atoms with Crippen LogP contribution in [0.25, 0.3) is 0 Å². The average molecular weight is 297 g/mol. The van der Waals surface area contributed by atoms with Gasteiger partial charge in [0.2, 0.25) is 5.75 Å². The van der Waals surface area contributed by atoms with E-state index in [0.717, 1.165) is 12.0 Å². The molecule has 0 amide bonds. The van der Waals surface area contributed by atoms with Crippen LogP contribution in [0.15, 0.2) is 12.1 Å². The SMILES string of the molecule is COC(=O)CCCOc1c(OC)cc(CCN)cc1OC. The largest absolute Gasteiger partial charge is 0.493 e. The summed E-state index contributed by atoms with van der Waals surface area (Å²) in [7, 11) is 4.51. The van der Waals surface area contributed by atoms with Gasteiger partial charge in [0, 0.05) is 6.42 Å². The summed E-state index contributed by atoms with van der Waals surface area (Å²) >= 11 is 0. The first-order valence-corrected chi connectivity index (χ1v) is 6.80. The topological polar surface area (TPSA) is 80.0 Å². The molecule has 0 atom stereocenters. The summed E-state index contributed by atoms with van der Waals surface area (Å²) < 4.78 is 20.9. The number of rotatable bonds is 9. The number of benzene rings is 1. The van der Waals surface area contributed by atoms with Crippen molar-refractivity contribution in [3.63, 3.8) is 0 Å². The highest BCUT2D eigenvalue weighted by molar-refractivity contribution is 5.69. The molecule has 6 heteroatoms. The molecule has 0 bridgehead atoms. The lowest BCUT2D eigenvalue weighted by molar-refractivity contribution is -0.140. The van der Waals surface area contributed by atoms with Crippen molar-refractivity contribution in [2.75, 3.05) is 34.5 Å². The van der Waals surface area contributed by atoms with Crippen molar-refractivity contribution in [2.45, 2.75) is 19.3 Å². The number of carbonyl (C=O) groups excluding carboxylic acids is 1. The molecule has 0 saturated heterocycles. The minimum atomic E-state index is -0.254. The van der Waals surface area contributed by atoms with Crippen LogP contribution in [0.4, 0.5) is 0 Å². The van der Waals surface area contributed by atoms with Crippen LogP contribution >= 0.6 is 0 Å². The molecule has 0 saturated carbocycles. The molecule has 0 unspecified atom stereocenters. The molecular weight excluding hydrogens is 274 g/mol. The van der Waals surface area contributed by atoms with Gasteiger partial charge < -0.3 is 24.7 Å². The maximum Gasteiger partial charge on any atom is 0.305 e. The summed E-state index contributed by atoms with van der Waals surface area (Å²) in [5.74, 6) is 1.47. The zero-order valence-corrected chi connectivity index (χ0v) is 12.8. The molecule has 0 radical (unpaired) electrons. The lowest BCUT2D eigenvalue weighted by Gasteiger charge is -2.16. The molecule has 0 aliphatic heterocycles. The number of methoxy groups -OCH3 is 3. The Kier molecular flexibility index (Phi) is 7.39. The summed E-state index contributed by atoms with van der Waals surface area (Å²) in [6.07, 6.45) is 1.60. The predicted molar refractivity (Wildman–Crippen MR) is 79.0 cm³/mol. The Hall–Kier alpha value is -1.95. The molecule has 118 valence electrons. The summed E-state index contributed by atoms with van der Waals surface area (Å²) in [6, 6.07) is 3.76. The molecule has 21 heavy (non-hydrogen) atoms. The van der Waals surface area contributed by atoms with E-state index in [1.165, 1.54) is 7.11 Å². The van der Waals surface area contributed by atoms with Crippen LogP contribution < -0.4 is 19.9 Å². The monoisotopic (exact) mass is 297 g/mol. The summed E-state index contributed by atoms with van der Waals surface area (Å²) in [5, 5.41) is 0. The van der Waals surface area contributed by atoms with E-state index in [2.05, 4.69) is 4.74 Å². The lowest BCUT2D eigenvalue weighted by atomic mass is 10.1. The number of esters is 1. The van der Waals surface area contributed by atoms with Gasteiger partial charge in [0.25, 0.3) is 0 Å². The third-order valence-corrected chi connectivity index (χ3v) is 2.95. The van der Waals surface area contributed by atoms with Crippen molar-refractivity contribution >= 4 is 5.97 Å². The van der Waals surface area contributed by atoms with Gasteiger partial charge in [-0.25, -0.2) is 0 Å². The van der Waals surface area contributed by atoms with Crippen LogP contribution in [0.2, 0.25) is 0 Å². The fourth-order valence-corrected chi connectivity index (χ4v) is 1.88. The minimum Gasteiger partial charge on any atom is -0.493 e. The van der Waals surface area contributed by atoms with Crippen LogP contribution in [0, 0.1) is 0 Å². The maximum atomic E-state index is 11.0. The molecular formula is C15H23NO5. The van der Waals surface area contributed by atoms with Crippen molar-refractivity contribution in [3.05, 3.63) is 17.7 Å². The van der Waals surface area contributed by atoms with E-state index in [-0.39, 0.29) is 5.97 Å². The smallest absolute Gasteiger partial charge is 0.305 e. The first-order valence-electron chi connectivity index (χ1n) is 6.80. The molecule has 0 aliphatic rings. The van der Waals surface area contributed by atoms with E-state index in [0.29, 0.717) is 43.2 Å². The van der Waals surface area contributed by atoms with Crippen molar-refractivity contribution in [1.29, 1.82) is 0 Å². The molecule has 2 N–H and O–H groups in total. The number of hydrogen-bond acceptors (Lipinski definition) is 6. The number of ether oxygens (including phenoxy) is 4. The number of carbonyl (C=O) groups is 1. The van der Waals surface area contributed by atoms with Crippen LogP contribution in [-0.2, 0) is 16.0 Å². The Morgan fingerprint density at radius 2 is 1.76 bits per heavy atom. The van der Waals surface area contributed by atoms with Crippen molar-refractivity contribution in [2.24, 2.45) is 5.73 Å². The van der Waals surface area contributed by atoms with Crippen LogP contribution in [0.3, 0.4) is 0 Å². The predicted octanol–water partition coefficient (Wildman–Crippen LogP) is 1.54. The Bertz CT molecular complexity index is 436. The second kappa shape index (κ2) is 9.07. The second-order valence-corrected chi connectivity index (χ2v) is 4.40. The third-order valence-electron chi connectivity index (χ3n) is 2.95. The van der Waals surface area contributed by atoms with E-state index < -0.39 is 0 Å². The van der Waals surface area contributed by atoms with Gasteiger partial charge in [-0.05, 0) is 37.1 Å². The van der Waals surface area contributed by atoms with Crippen LogP contribution in [-0.4, -0.2) is 40.5 Å². The normalized spacial score (nSPS) is 10.1. The number of hydrogen-bond donors (Lipinski definition) is 1. The third kappa shape index (κ3) is 5.15. The lowest BCUT2D eigenvalue weighted by Crippen LogP contribution is -2.07. The zero-order valence-electron chi connectivity index (χ0n) is 12.8. The minimum absolute atomic E-state index is 0.254. The zero-order chi connectivity index (χ0) is 15.7. The molecule has 1 aromatic carbocycles. The fraction of sp³-hybridized carbons (Fsp3) is 0.533. The van der Waals surface area contributed by atoms with Crippen molar-refractivity contribution in [3.8, 4) is 17.2 Å². The Balaban J connectivity index is 2.77. The van der Waals surface area contributed by atoms with Gasteiger partial charge >= 0.3 is 5.97 Å². The molecule has 1 rings (SSSR count). The first kappa shape index (κ1) is 17.1. The van der Waals surface area contributed by atoms with E-state index in [9.17, 15) is 4.79 Å². The Morgan fingerprint density at radius 1 is 1.14 bits per heavy atom. The summed E-state index contributed by atoms with van der Waals surface area (Å²) in [5.41, 5.74) is 6.59. The molecule has 0 spiro atoms. The van der Waals surface area contributed by atoms with Gasteiger partial charge in [-0.1, -0.05) is 0 Å². The standard InChI is InChI=1S/C15H23NO5/c1-18-12-9-11(6-7-16)10-13(19-2)15(12)21-8-4-5-14(17)20-3/h9-10H,4-8,16H2,1-3H3. The highest BCUT2D eigenvalue weighted by atomic mass is 16.5. The van der Waals surface area contributed by atoms with Crippen LogP contribution in [0.5, 0.6) is 17.2 Å². The highest BCUT2D eigenvalue weighted by Gasteiger charge is 2.14. The van der Waals surface area contributed by atoms with Gasteiger partial charge in [0.05, 0.1) is 27.9 Å². The van der Waals surface area contributed by atoms with Gasteiger partial charge in [-0.3, -0.25) is 4.79 Å². The summed E-state index contributed by atoms with van der Waals surface area (Å²) in [6.45, 7) is 0.920. The maximum absolute atomic E-state index is 11.0. The Morgan fingerprint density at radius 3 is 2.24 bits per heavy atom. The quantitative estimate of drug-likeness (QED) is 0.550. The van der Waals surface area contributed by atoms with Gasteiger partial charge in [-0.2, -0.15) is 0 Å². The van der Waals surface area contributed by atoms with Gasteiger partial charge in [0.15, 0.2) is 11.5 Å². The molecule has 0 heterocycles. The average Bonchev–Trinajstić information content (AvgIpc) is 2.51. The van der Waals surface area contributed by atoms with Crippen LogP contribution in [0.1, 0.15) is 18.4 Å². The van der Waals surface area contributed by atoms with Gasteiger partial charge in [0.1, 0.15) is 0 Å². The molecule has 6 nitrogen and oxygen atoms in total. The fourth-order valence-electron chi connectivity index (χ4n) is 1.88. The number of nitrogens with two attached hydrogens (primary N) is 1. The van der Waals surface area contributed by atoms with E-state index in [1.54, 1.807) is 14.2 Å². The van der Waals surface area contributed by atoms with Crippen molar-refractivity contribution < 1.29 is 23.7 Å². The van der Waals surface area contributed by atoms with Crippen molar-refractivity contribution in [1.82, 2.24) is 0 Å². The molecule has 0 aromatic heterocycles. The molecule has 1 aromatic rings. The Labute approximate surface area is 125 Å². The highest BCUT2D eigenvalue weighted by Crippen LogP contribution is 2.38. The first-order chi connectivity index (χ1) is 10.2. The van der Waals surface area contributed by atoms with E-state index in [4.69, 9.17) is 19.9 Å². The molecule has 0 fully saturated rings. The van der Waals surface area contributed by atoms with Gasteiger partial charge in [-0.15, -0.1) is 0 Å². The summed E-state index contributed by atoms with van der Waals surface area (Å²) in [4.78, 5) is 11.0. The van der Waals surface area contributed by atoms with E-state index >= 15 is 0 Å². The van der Waals surface area contributed by atoms with E-state index in [1.807, 2.05) is 12.1 Å². The molecule has 0 aliphatic carbocycles. The second-order valence-electron chi connectivity index (χ2n) is 4.40.